The first-order chi connectivity index (χ1) is 8.25. The van der Waals surface area contributed by atoms with Crippen LogP contribution in [0.5, 0.6) is 0 Å². The minimum absolute atomic E-state index is 0.414. The molecule has 1 aromatic heterocycles. The maximum absolute atomic E-state index is 5.97. The summed E-state index contributed by atoms with van der Waals surface area (Å²) in [6.07, 6.45) is 9.13. The number of nitrogens with zero attached hydrogens (tertiary/aromatic N) is 1. The van der Waals surface area contributed by atoms with Crippen molar-refractivity contribution in [2.75, 3.05) is 6.54 Å². The molecule has 4 heteroatoms. The fraction of sp³-hybridized carbons (Fsp3) is 0.769. The lowest BCUT2D eigenvalue weighted by atomic mass is 9.91. The van der Waals surface area contributed by atoms with Crippen molar-refractivity contribution >= 4 is 0 Å². The molecule has 0 radical (unpaired) electrons. The highest BCUT2D eigenvalue weighted by molar-refractivity contribution is 5.14. The third-order valence-electron chi connectivity index (χ3n) is 3.70. The molecule has 1 saturated carbocycles. The van der Waals surface area contributed by atoms with Crippen molar-refractivity contribution < 1.29 is 0 Å². The summed E-state index contributed by atoms with van der Waals surface area (Å²) >= 11 is 0. The second kappa shape index (κ2) is 6.17. The van der Waals surface area contributed by atoms with Gasteiger partial charge in [0.2, 0.25) is 0 Å². The summed E-state index contributed by atoms with van der Waals surface area (Å²) < 4.78 is 0. The van der Waals surface area contributed by atoms with Crippen LogP contribution in [-0.2, 0) is 6.42 Å². The number of aryl methyl sites for hydroxylation is 2. The monoisotopic (exact) mass is 236 g/mol. The molecule has 1 heterocycles. The van der Waals surface area contributed by atoms with Gasteiger partial charge in [-0.2, -0.15) is 5.10 Å². The fourth-order valence-electron chi connectivity index (χ4n) is 2.63. The quantitative estimate of drug-likeness (QED) is 0.679. The van der Waals surface area contributed by atoms with E-state index in [1.54, 1.807) is 0 Å². The van der Waals surface area contributed by atoms with Crippen LogP contribution in [0.15, 0.2) is 6.20 Å². The Morgan fingerprint density at radius 2 is 2.41 bits per heavy atom. The van der Waals surface area contributed by atoms with Crippen LogP contribution in [0.3, 0.4) is 0 Å². The Bertz CT molecular complexity index is 334. The summed E-state index contributed by atoms with van der Waals surface area (Å²) in [6.45, 7) is 3.16. The molecular formula is C13H24N4. The van der Waals surface area contributed by atoms with Crippen molar-refractivity contribution in [1.82, 2.24) is 15.5 Å². The van der Waals surface area contributed by atoms with Gasteiger partial charge in [-0.25, -0.2) is 0 Å². The maximum Gasteiger partial charge on any atom is 0.0522 e. The van der Waals surface area contributed by atoms with Crippen molar-refractivity contribution in [2.45, 2.75) is 57.5 Å². The molecule has 1 aliphatic rings. The highest BCUT2D eigenvalue weighted by atomic mass is 15.1. The van der Waals surface area contributed by atoms with E-state index in [1.807, 2.05) is 6.20 Å². The van der Waals surface area contributed by atoms with Crippen molar-refractivity contribution in [3.63, 3.8) is 0 Å². The van der Waals surface area contributed by atoms with E-state index in [9.17, 15) is 0 Å². The van der Waals surface area contributed by atoms with Gasteiger partial charge < -0.3 is 11.1 Å². The van der Waals surface area contributed by atoms with Crippen LogP contribution in [0.2, 0.25) is 0 Å². The molecule has 1 fully saturated rings. The smallest absolute Gasteiger partial charge is 0.0522 e. The molecule has 0 saturated heterocycles. The summed E-state index contributed by atoms with van der Waals surface area (Å²) in [5, 5.41) is 10.6. The zero-order valence-electron chi connectivity index (χ0n) is 10.7. The van der Waals surface area contributed by atoms with Crippen LogP contribution in [0.4, 0.5) is 0 Å². The van der Waals surface area contributed by atoms with Gasteiger partial charge in [-0.05, 0) is 51.1 Å². The Balaban J connectivity index is 1.61. The molecule has 2 unspecified atom stereocenters. The first-order valence-corrected chi connectivity index (χ1v) is 6.73. The van der Waals surface area contributed by atoms with Crippen LogP contribution in [0.1, 0.15) is 43.4 Å². The van der Waals surface area contributed by atoms with Gasteiger partial charge in [0, 0.05) is 17.8 Å². The molecule has 4 nitrogen and oxygen atoms in total. The van der Waals surface area contributed by atoms with Crippen molar-refractivity contribution in [3.8, 4) is 0 Å². The number of nitrogens with one attached hydrogen (secondary N) is 2. The Morgan fingerprint density at radius 1 is 1.53 bits per heavy atom. The standard InChI is InChI=1S/C13H24N4/c1-10-11(9-16-17-10)4-3-7-15-13-6-2-5-12(14)8-13/h9,12-13,15H,2-8,14H2,1H3,(H,16,17). The Kier molecular flexibility index (Phi) is 4.57. The maximum atomic E-state index is 5.97. The summed E-state index contributed by atoms with van der Waals surface area (Å²) in [7, 11) is 0. The molecule has 0 aromatic carbocycles. The van der Waals surface area contributed by atoms with E-state index in [0.717, 1.165) is 19.4 Å². The molecule has 0 bridgehead atoms. The van der Waals surface area contributed by atoms with E-state index >= 15 is 0 Å². The lowest BCUT2D eigenvalue weighted by Crippen LogP contribution is -2.39. The highest BCUT2D eigenvalue weighted by Crippen LogP contribution is 2.16. The summed E-state index contributed by atoms with van der Waals surface area (Å²) in [5.41, 5.74) is 8.51. The van der Waals surface area contributed by atoms with Gasteiger partial charge in [0.05, 0.1) is 6.20 Å². The topological polar surface area (TPSA) is 66.7 Å². The number of aromatic nitrogens is 2. The van der Waals surface area contributed by atoms with Gasteiger partial charge in [-0.15, -0.1) is 0 Å². The van der Waals surface area contributed by atoms with E-state index in [-0.39, 0.29) is 0 Å². The molecule has 2 rings (SSSR count). The first-order valence-electron chi connectivity index (χ1n) is 6.73. The van der Waals surface area contributed by atoms with Gasteiger partial charge in [0.15, 0.2) is 0 Å². The zero-order chi connectivity index (χ0) is 12.1. The van der Waals surface area contributed by atoms with Crippen molar-refractivity contribution in [2.24, 2.45) is 5.73 Å². The van der Waals surface area contributed by atoms with Gasteiger partial charge in [-0.3, -0.25) is 5.10 Å². The minimum atomic E-state index is 0.414. The number of rotatable bonds is 5. The average Bonchev–Trinajstić information content (AvgIpc) is 2.71. The predicted molar refractivity (Wildman–Crippen MR) is 69.9 cm³/mol. The lowest BCUT2D eigenvalue weighted by Gasteiger charge is -2.27. The van der Waals surface area contributed by atoms with Crippen LogP contribution < -0.4 is 11.1 Å². The molecule has 4 N–H and O–H groups in total. The first kappa shape index (κ1) is 12.6. The summed E-state index contributed by atoms with van der Waals surface area (Å²) in [6, 6.07) is 1.06. The fourth-order valence-corrected chi connectivity index (χ4v) is 2.63. The van der Waals surface area contributed by atoms with Crippen LogP contribution in [0.25, 0.3) is 0 Å². The SMILES string of the molecule is Cc1[nH]ncc1CCCNC1CCCC(N)C1. The van der Waals surface area contributed by atoms with E-state index in [1.165, 1.54) is 36.9 Å². The molecule has 2 atom stereocenters. The molecule has 0 aliphatic heterocycles. The number of aromatic amines is 1. The zero-order valence-corrected chi connectivity index (χ0v) is 10.7. The largest absolute Gasteiger partial charge is 0.328 e. The minimum Gasteiger partial charge on any atom is -0.328 e. The van der Waals surface area contributed by atoms with Crippen molar-refractivity contribution in [3.05, 3.63) is 17.5 Å². The third-order valence-corrected chi connectivity index (χ3v) is 3.70. The highest BCUT2D eigenvalue weighted by Gasteiger charge is 2.18. The van der Waals surface area contributed by atoms with Crippen LogP contribution in [0, 0.1) is 6.92 Å². The molecule has 1 aromatic rings. The number of nitrogens with two attached hydrogens (primary N) is 1. The Labute approximate surface area is 103 Å². The van der Waals surface area contributed by atoms with E-state index in [4.69, 9.17) is 5.73 Å². The van der Waals surface area contributed by atoms with Gasteiger partial charge >= 0.3 is 0 Å². The molecular weight excluding hydrogens is 212 g/mol. The van der Waals surface area contributed by atoms with E-state index in [0.29, 0.717) is 12.1 Å². The third kappa shape index (κ3) is 3.82. The Hall–Kier alpha value is -0.870. The number of hydrogen-bond acceptors (Lipinski definition) is 3. The van der Waals surface area contributed by atoms with Gasteiger partial charge in [0.25, 0.3) is 0 Å². The number of hydrogen-bond donors (Lipinski definition) is 3. The molecule has 17 heavy (non-hydrogen) atoms. The predicted octanol–water partition coefficient (Wildman–Crippen LogP) is 1.51. The summed E-state index contributed by atoms with van der Waals surface area (Å²) in [5.74, 6) is 0. The Morgan fingerprint density at radius 3 is 3.12 bits per heavy atom. The van der Waals surface area contributed by atoms with Gasteiger partial charge in [0.1, 0.15) is 0 Å². The van der Waals surface area contributed by atoms with E-state index in [2.05, 4.69) is 22.4 Å². The normalized spacial score (nSPS) is 25.1. The second-order valence-electron chi connectivity index (χ2n) is 5.20. The molecule has 96 valence electrons. The second-order valence-corrected chi connectivity index (χ2v) is 5.20. The summed E-state index contributed by atoms with van der Waals surface area (Å²) in [4.78, 5) is 0. The lowest BCUT2D eigenvalue weighted by molar-refractivity contribution is 0.339. The van der Waals surface area contributed by atoms with Crippen LogP contribution in [-0.4, -0.2) is 28.8 Å². The number of H-pyrrole nitrogens is 1. The van der Waals surface area contributed by atoms with Crippen molar-refractivity contribution in [1.29, 1.82) is 0 Å². The molecule has 0 amide bonds. The van der Waals surface area contributed by atoms with Gasteiger partial charge in [-0.1, -0.05) is 6.42 Å². The van der Waals surface area contributed by atoms with E-state index < -0.39 is 0 Å². The average molecular weight is 236 g/mol. The molecule has 1 aliphatic carbocycles. The molecule has 0 spiro atoms. The van der Waals surface area contributed by atoms with Crippen LogP contribution >= 0.6 is 0 Å².